The molecule has 17 heavy (non-hydrogen) atoms. The Morgan fingerprint density at radius 1 is 1.47 bits per heavy atom. The van der Waals surface area contributed by atoms with E-state index in [1.54, 1.807) is 13.2 Å². The van der Waals surface area contributed by atoms with E-state index in [1.807, 2.05) is 18.2 Å². The number of ether oxygens (including phenoxy) is 2. The van der Waals surface area contributed by atoms with Crippen molar-refractivity contribution in [1.29, 1.82) is 0 Å². The Morgan fingerprint density at radius 3 is 2.94 bits per heavy atom. The Hall–Kier alpha value is -1.48. The highest BCUT2D eigenvalue weighted by Crippen LogP contribution is 2.26. The first-order valence-electron chi connectivity index (χ1n) is 5.97. The molecule has 1 N–H and O–H groups in total. The summed E-state index contributed by atoms with van der Waals surface area (Å²) in [6.45, 7) is 5.03. The van der Waals surface area contributed by atoms with Crippen molar-refractivity contribution in [2.45, 2.75) is 25.4 Å². The van der Waals surface area contributed by atoms with Crippen LogP contribution in [-0.4, -0.2) is 19.8 Å². The van der Waals surface area contributed by atoms with Crippen molar-refractivity contribution in [2.75, 3.05) is 13.7 Å². The molecule has 0 aliphatic heterocycles. The Balaban J connectivity index is 2.06. The highest BCUT2D eigenvalue weighted by molar-refractivity contribution is 5.40. The van der Waals surface area contributed by atoms with Crippen molar-refractivity contribution in [1.82, 2.24) is 5.32 Å². The summed E-state index contributed by atoms with van der Waals surface area (Å²) in [7, 11) is 1.66. The Bertz CT molecular complexity index is 386. The number of nitrogens with one attached hydrogen (secondary N) is 1. The molecule has 0 heterocycles. The third-order valence-electron chi connectivity index (χ3n) is 2.79. The lowest BCUT2D eigenvalue weighted by molar-refractivity contribution is 0.352. The maximum absolute atomic E-state index is 5.64. The predicted molar refractivity (Wildman–Crippen MR) is 68.5 cm³/mol. The molecular weight excluding hydrogens is 214 g/mol. The molecule has 92 valence electrons. The minimum atomic E-state index is 0.517. The number of hydrogen-bond acceptors (Lipinski definition) is 3. The number of rotatable bonds is 7. The van der Waals surface area contributed by atoms with E-state index in [0.29, 0.717) is 12.6 Å². The number of benzene rings is 1. The summed E-state index contributed by atoms with van der Waals surface area (Å²) in [4.78, 5) is 0. The molecule has 0 atom stereocenters. The van der Waals surface area contributed by atoms with E-state index in [2.05, 4.69) is 11.9 Å². The maximum atomic E-state index is 5.64. The van der Waals surface area contributed by atoms with Gasteiger partial charge in [0.1, 0.15) is 18.1 Å². The Morgan fingerprint density at radius 2 is 2.29 bits per heavy atom. The molecule has 0 amide bonds. The lowest BCUT2D eigenvalue weighted by Gasteiger charge is -2.12. The Labute approximate surface area is 102 Å². The van der Waals surface area contributed by atoms with Crippen LogP contribution in [0.1, 0.15) is 18.4 Å². The van der Waals surface area contributed by atoms with Gasteiger partial charge in [-0.1, -0.05) is 18.7 Å². The fourth-order valence-electron chi connectivity index (χ4n) is 1.63. The van der Waals surface area contributed by atoms with Gasteiger partial charge in [0.15, 0.2) is 0 Å². The van der Waals surface area contributed by atoms with E-state index in [1.165, 1.54) is 18.4 Å². The molecule has 0 unspecified atom stereocenters. The molecular formula is C14H19NO2. The molecule has 3 heteroatoms. The molecule has 0 aromatic heterocycles. The zero-order chi connectivity index (χ0) is 12.1. The van der Waals surface area contributed by atoms with Gasteiger partial charge in [-0.3, -0.25) is 0 Å². The first-order valence-corrected chi connectivity index (χ1v) is 5.97. The van der Waals surface area contributed by atoms with Crippen LogP contribution in [-0.2, 0) is 6.54 Å². The summed E-state index contributed by atoms with van der Waals surface area (Å²) >= 11 is 0. The molecule has 2 rings (SSSR count). The molecule has 3 nitrogen and oxygen atoms in total. The highest BCUT2D eigenvalue weighted by atomic mass is 16.5. The van der Waals surface area contributed by atoms with Gasteiger partial charge < -0.3 is 14.8 Å². The molecule has 1 saturated carbocycles. The summed E-state index contributed by atoms with van der Waals surface area (Å²) < 4.78 is 10.8. The highest BCUT2D eigenvalue weighted by Gasteiger charge is 2.20. The summed E-state index contributed by atoms with van der Waals surface area (Å²) in [6, 6.07) is 6.63. The van der Waals surface area contributed by atoms with Gasteiger partial charge in [-0.25, -0.2) is 0 Å². The lowest BCUT2D eigenvalue weighted by Crippen LogP contribution is -2.16. The molecule has 0 saturated heterocycles. The normalized spacial score (nSPS) is 14.4. The van der Waals surface area contributed by atoms with E-state index in [4.69, 9.17) is 9.47 Å². The average molecular weight is 233 g/mol. The zero-order valence-corrected chi connectivity index (χ0v) is 10.2. The van der Waals surface area contributed by atoms with Crippen LogP contribution in [0.3, 0.4) is 0 Å². The first-order chi connectivity index (χ1) is 8.33. The average Bonchev–Trinajstić information content (AvgIpc) is 3.18. The lowest BCUT2D eigenvalue weighted by atomic mass is 10.2. The SMILES string of the molecule is C=CCOc1cc(OC)ccc1CNC1CC1. The van der Waals surface area contributed by atoms with Gasteiger partial charge in [0.05, 0.1) is 7.11 Å². The number of hydrogen-bond donors (Lipinski definition) is 1. The van der Waals surface area contributed by atoms with Crippen molar-refractivity contribution in [3.05, 3.63) is 36.4 Å². The van der Waals surface area contributed by atoms with E-state index >= 15 is 0 Å². The van der Waals surface area contributed by atoms with Crippen LogP contribution in [0.5, 0.6) is 11.5 Å². The van der Waals surface area contributed by atoms with Crippen molar-refractivity contribution >= 4 is 0 Å². The summed E-state index contributed by atoms with van der Waals surface area (Å²) in [6.07, 6.45) is 4.33. The van der Waals surface area contributed by atoms with E-state index < -0.39 is 0 Å². The second-order valence-corrected chi connectivity index (χ2v) is 4.23. The van der Waals surface area contributed by atoms with E-state index in [0.717, 1.165) is 18.0 Å². The van der Waals surface area contributed by atoms with Crippen LogP contribution < -0.4 is 14.8 Å². The smallest absolute Gasteiger partial charge is 0.127 e. The summed E-state index contributed by atoms with van der Waals surface area (Å²) in [5.41, 5.74) is 1.17. The largest absolute Gasteiger partial charge is 0.497 e. The van der Waals surface area contributed by atoms with Crippen molar-refractivity contribution in [3.63, 3.8) is 0 Å². The predicted octanol–water partition coefficient (Wildman–Crippen LogP) is 2.51. The van der Waals surface area contributed by atoms with Gasteiger partial charge in [-0.2, -0.15) is 0 Å². The molecule has 0 radical (unpaired) electrons. The summed E-state index contributed by atoms with van der Waals surface area (Å²) in [5, 5.41) is 3.48. The van der Waals surface area contributed by atoms with Gasteiger partial charge in [0.2, 0.25) is 0 Å². The minimum absolute atomic E-state index is 0.517. The monoisotopic (exact) mass is 233 g/mol. The van der Waals surface area contributed by atoms with E-state index in [-0.39, 0.29) is 0 Å². The minimum Gasteiger partial charge on any atom is -0.497 e. The van der Waals surface area contributed by atoms with Crippen LogP contribution >= 0.6 is 0 Å². The van der Waals surface area contributed by atoms with E-state index in [9.17, 15) is 0 Å². The van der Waals surface area contributed by atoms with Crippen molar-refractivity contribution in [3.8, 4) is 11.5 Å². The molecule has 1 fully saturated rings. The molecule has 0 spiro atoms. The van der Waals surface area contributed by atoms with Gasteiger partial charge in [-0.15, -0.1) is 0 Å². The molecule has 1 aliphatic rings. The fraction of sp³-hybridized carbons (Fsp3) is 0.429. The van der Waals surface area contributed by atoms with Crippen molar-refractivity contribution < 1.29 is 9.47 Å². The zero-order valence-electron chi connectivity index (χ0n) is 10.2. The van der Waals surface area contributed by atoms with Crippen LogP contribution in [0.2, 0.25) is 0 Å². The molecule has 1 aromatic rings. The van der Waals surface area contributed by atoms with Gasteiger partial charge in [0.25, 0.3) is 0 Å². The quantitative estimate of drug-likeness (QED) is 0.734. The molecule has 1 aliphatic carbocycles. The van der Waals surface area contributed by atoms with Crippen LogP contribution in [0, 0.1) is 0 Å². The molecule has 1 aromatic carbocycles. The fourth-order valence-corrected chi connectivity index (χ4v) is 1.63. The van der Waals surface area contributed by atoms with Crippen LogP contribution in [0.25, 0.3) is 0 Å². The van der Waals surface area contributed by atoms with Gasteiger partial charge in [0, 0.05) is 24.2 Å². The van der Waals surface area contributed by atoms with Crippen LogP contribution in [0.15, 0.2) is 30.9 Å². The second kappa shape index (κ2) is 5.73. The third kappa shape index (κ3) is 3.49. The number of methoxy groups -OCH3 is 1. The second-order valence-electron chi connectivity index (χ2n) is 4.23. The summed E-state index contributed by atoms with van der Waals surface area (Å²) in [5.74, 6) is 1.69. The first kappa shape index (κ1) is 12.0. The Kier molecular flexibility index (Phi) is 4.04. The van der Waals surface area contributed by atoms with Gasteiger partial charge in [-0.05, 0) is 18.9 Å². The topological polar surface area (TPSA) is 30.5 Å². The van der Waals surface area contributed by atoms with Crippen LogP contribution in [0.4, 0.5) is 0 Å². The standard InChI is InChI=1S/C14H19NO2/c1-3-8-17-14-9-13(16-2)7-4-11(14)10-15-12-5-6-12/h3-4,7,9,12,15H,1,5-6,8,10H2,2H3. The third-order valence-corrected chi connectivity index (χ3v) is 2.79. The maximum Gasteiger partial charge on any atom is 0.127 e. The van der Waals surface area contributed by atoms with Crippen molar-refractivity contribution in [2.24, 2.45) is 0 Å². The molecule has 0 bridgehead atoms. The van der Waals surface area contributed by atoms with Gasteiger partial charge >= 0.3 is 0 Å².